The van der Waals surface area contributed by atoms with Gasteiger partial charge in [0.1, 0.15) is 0 Å². The van der Waals surface area contributed by atoms with Gasteiger partial charge in [0.2, 0.25) is 0 Å². The molecule has 0 radical (unpaired) electrons. The Bertz CT molecular complexity index is 494. The molecule has 0 atom stereocenters. The lowest BCUT2D eigenvalue weighted by atomic mass is 10.2. The zero-order valence-corrected chi connectivity index (χ0v) is 10.3. The zero-order chi connectivity index (χ0) is 12.1. The summed E-state index contributed by atoms with van der Waals surface area (Å²) in [7, 11) is 1.88. The Morgan fingerprint density at radius 2 is 1.47 bits per heavy atom. The summed E-state index contributed by atoms with van der Waals surface area (Å²) in [6.07, 6.45) is 0. The van der Waals surface area contributed by atoms with Crippen molar-refractivity contribution in [1.82, 2.24) is 0 Å². The highest BCUT2D eigenvalue weighted by Gasteiger charge is 2.02. The van der Waals surface area contributed by atoms with Crippen molar-refractivity contribution in [3.05, 3.63) is 66.2 Å². The lowest BCUT2D eigenvalue weighted by molar-refractivity contribution is 1.02. The lowest BCUT2D eigenvalue weighted by Gasteiger charge is -2.13. The summed E-state index contributed by atoms with van der Waals surface area (Å²) >= 11 is 6.16. The van der Waals surface area contributed by atoms with Crippen LogP contribution in [0.3, 0.4) is 0 Å². The van der Waals surface area contributed by atoms with Crippen molar-refractivity contribution in [2.75, 3.05) is 12.1 Å². The van der Waals surface area contributed by atoms with E-state index in [9.17, 15) is 0 Å². The second kappa shape index (κ2) is 5.51. The fourth-order valence-corrected chi connectivity index (χ4v) is 1.71. The summed E-state index contributed by atoms with van der Waals surface area (Å²) in [6.45, 7) is 0. The molecule has 0 unspecified atom stereocenters. The van der Waals surface area contributed by atoms with Gasteiger partial charge < -0.3 is 0 Å². The summed E-state index contributed by atoms with van der Waals surface area (Å²) in [6, 6.07) is 19.6. The summed E-state index contributed by atoms with van der Waals surface area (Å²) in [5.74, 6) is 0. The van der Waals surface area contributed by atoms with Crippen LogP contribution in [-0.2, 0) is 0 Å². The van der Waals surface area contributed by atoms with Crippen LogP contribution in [0.15, 0.2) is 65.8 Å². The average Bonchev–Trinajstić information content (AvgIpc) is 2.40. The van der Waals surface area contributed by atoms with Crippen LogP contribution in [0.4, 0.5) is 5.69 Å². The van der Waals surface area contributed by atoms with Crippen molar-refractivity contribution in [2.45, 2.75) is 0 Å². The molecule has 17 heavy (non-hydrogen) atoms. The molecule has 0 saturated carbocycles. The maximum absolute atomic E-state index is 6.16. The first-order valence-corrected chi connectivity index (χ1v) is 5.73. The van der Waals surface area contributed by atoms with Crippen molar-refractivity contribution in [1.29, 1.82) is 0 Å². The minimum atomic E-state index is 0.483. The number of benzene rings is 2. The van der Waals surface area contributed by atoms with E-state index in [2.05, 4.69) is 5.10 Å². The van der Waals surface area contributed by atoms with Gasteiger partial charge in [0.15, 0.2) is 5.17 Å². The smallest absolute Gasteiger partial charge is 0.156 e. The van der Waals surface area contributed by atoms with E-state index in [1.807, 2.05) is 67.7 Å². The highest BCUT2D eigenvalue weighted by Crippen LogP contribution is 2.13. The number of halogens is 1. The Kier molecular flexibility index (Phi) is 3.78. The number of para-hydroxylation sites is 1. The van der Waals surface area contributed by atoms with Gasteiger partial charge >= 0.3 is 0 Å². The van der Waals surface area contributed by atoms with E-state index in [0.29, 0.717) is 5.17 Å². The molecule has 0 heterocycles. The zero-order valence-electron chi connectivity index (χ0n) is 9.55. The molecular weight excluding hydrogens is 232 g/mol. The Labute approximate surface area is 106 Å². The normalized spacial score (nSPS) is 11.3. The number of hydrazone groups is 1. The van der Waals surface area contributed by atoms with Gasteiger partial charge in [-0.05, 0) is 12.1 Å². The van der Waals surface area contributed by atoms with Gasteiger partial charge in [0.05, 0.1) is 5.69 Å². The number of nitrogens with zero attached hydrogens (tertiary/aromatic N) is 2. The monoisotopic (exact) mass is 244 g/mol. The van der Waals surface area contributed by atoms with Crippen LogP contribution in [0.2, 0.25) is 0 Å². The van der Waals surface area contributed by atoms with Crippen LogP contribution in [0.1, 0.15) is 5.56 Å². The average molecular weight is 245 g/mol. The van der Waals surface area contributed by atoms with Crippen LogP contribution in [0, 0.1) is 0 Å². The van der Waals surface area contributed by atoms with Gasteiger partial charge in [0, 0.05) is 12.6 Å². The van der Waals surface area contributed by atoms with Crippen LogP contribution in [-0.4, -0.2) is 12.2 Å². The van der Waals surface area contributed by atoms with E-state index < -0.39 is 0 Å². The summed E-state index contributed by atoms with van der Waals surface area (Å²) in [4.78, 5) is 0. The molecule has 0 aromatic heterocycles. The lowest BCUT2D eigenvalue weighted by Crippen LogP contribution is -2.11. The first-order valence-electron chi connectivity index (χ1n) is 5.35. The van der Waals surface area contributed by atoms with Crippen LogP contribution < -0.4 is 5.01 Å². The van der Waals surface area contributed by atoms with E-state index in [0.717, 1.165) is 11.3 Å². The predicted molar refractivity (Wildman–Crippen MR) is 73.7 cm³/mol. The van der Waals surface area contributed by atoms with Crippen molar-refractivity contribution >= 4 is 22.5 Å². The molecule has 2 nitrogen and oxygen atoms in total. The molecular formula is C14H13ClN2. The SMILES string of the molecule is CN(/N=C(\Cl)c1ccccc1)c1ccccc1. The third-order valence-corrected chi connectivity index (χ3v) is 2.67. The Morgan fingerprint density at radius 1 is 0.941 bits per heavy atom. The minimum absolute atomic E-state index is 0.483. The van der Waals surface area contributed by atoms with Gasteiger partial charge in [-0.1, -0.05) is 60.1 Å². The number of rotatable bonds is 3. The molecule has 0 aliphatic carbocycles. The van der Waals surface area contributed by atoms with Crippen molar-refractivity contribution in [3.63, 3.8) is 0 Å². The second-order valence-electron chi connectivity index (χ2n) is 3.62. The molecule has 3 heteroatoms. The summed E-state index contributed by atoms with van der Waals surface area (Å²) in [5.41, 5.74) is 1.92. The number of anilines is 1. The third-order valence-electron chi connectivity index (χ3n) is 2.38. The van der Waals surface area contributed by atoms with Crippen LogP contribution in [0.5, 0.6) is 0 Å². The molecule has 2 rings (SSSR count). The largest absolute Gasteiger partial charge is 0.267 e. The van der Waals surface area contributed by atoms with Crippen molar-refractivity contribution in [2.24, 2.45) is 5.10 Å². The predicted octanol–water partition coefficient (Wildman–Crippen LogP) is 3.72. The maximum Gasteiger partial charge on any atom is 0.156 e. The molecule has 2 aromatic rings. The van der Waals surface area contributed by atoms with E-state index in [1.54, 1.807) is 5.01 Å². The first-order chi connectivity index (χ1) is 8.27. The van der Waals surface area contributed by atoms with Crippen molar-refractivity contribution < 1.29 is 0 Å². The minimum Gasteiger partial charge on any atom is -0.267 e. The van der Waals surface area contributed by atoms with Gasteiger partial charge in [-0.2, -0.15) is 5.10 Å². The van der Waals surface area contributed by atoms with Crippen LogP contribution in [0.25, 0.3) is 0 Å². The summed E-state index contributed by atoms with van der Waals surface area (Å²) < 4.78 is 0. The van der Waals surface area contributed by atoms with Gasteiger partial charge in [0.25, 0.3) is 0 Å². The molecule has 0 N–H and O–H groups in total. The highest BCUT2D eigenvalue weighted by atomic mass is 35.5. The molecule has 0 bridgehead atoms. The molecule has 0 fully saturated rings. The van der Waals surface area contributed by atoms with Gasteiger partial charge in [-0.15, -0.1) is 0 Å². The Hall–Kier alpha value is -1.80. The molecule has 0 aliphatic rings. The van der Waals surface area contributed by atoms with E-state index in [1.165, 1.54) is 0 Å². The van der Waals surface area contributed by atoms with Crippen molar-refractivity contribution in [3.8, 4) is 0 Å². The topological polar surface area (TPSA) is 15.6 Å². The van der Waals surface area contributed by atoms with Gasteiger partial charge in [-0.3, -0.25) is 5.01 Å². The molecule has 0 saturated heterocycles. The molecule has 86 valence electrons. The molecule has 0 aliphatic heterocycles. The molecule has 0 spiro atoms. The van der Waals surface area contributed by atoms with E-state index in [-0.39, 0.29) is 0 Å². The summed E-state index contributed by atoms with van der Waals surface area (Å²) in [5, 5.41) is 6.58. The third kappa shape index (κ3) is 3.08. The quantitative estimate of drug-likeness (QED) is 0.594. The molecule has 2 aromatic carbocycles. The maximum atomic E-state index is 6.16. The second-order valence-corrected chi connectivity index (χ2v) is 3.97. The van der Waals surface area contributed by atoms with Gasteiger partial charge in [-0.25, -0.2) is 0 Å². The van der Waals surface area contributed by atoms with Crippen LogP contribution >= 0.6 is 11.6 Å². The number of hydrogen-bond donors (Lipinski definition) is 0. The van der Waals surface area contributed by atoms with E-state index in [4.69, 9.17) is 11.6 Å². The number of hydrogen-bond acceptors (Lipinski definition) is 2. The standard InChI is InChI=1S/C14H13ClN2/c1-17(13-10-6-3-7-11-13)16-14(15)12-8-4-2-5-9-12/h2-11H,1H3/b16-14-. The van der Waals surface area contributed by atoms with E-state index >= 15 is 0 Å². The molecule has 0 amide bonds. The first kappa shape index (κ1) is 11.7. The Balaban J connectivity index is 2.20. The fraction of sp³-hybridized carbons (Fsp3) is 0.0714. The fourth-order valence-electron chi connectivity index (χ4n) is 1.47. The highest BCUT2D eigenvalue weighted by molar-refractivity contribution is 6.69. The Morgan fingerprint density at radius 3 is 2.06 bits per heavy atom.